The maximum atomic E-state index is 5.57. The highest BCUT2D eigenvalue weighted by Crippen LogP contribution is 2.35. The van der Waals surface area contributed by atoms with E-state index in [9.17, 15) is 0 Å². The highest BCUT2D eigenvalue weighted by Gasteiger charge is 2.24. The van der Waals surface area contributed by atoms with Crippen molar-refractivity contribution in [1.82, 2.24) is 5.32 Å². The molecule has 1 aromatic rings. The van der Waals surface area contributed by atoms with Gasteiger partial charge in [0.15, 0.2) is 0 Å². The van der Waals surface area contributed by atoms with Crippen LogP contribution in [0.5, 0.6) is 0 Å². The number of furan rings is 1. The maximum Gasteiger partial charge on any atom is 0.108 e. The zero-order chi connectivity index (χ0) is 12.1. The van der Waals surface area contributed by atoms with Crippen molar-refractivity contribution in [3.8, 4) is 0 Å². The quantitative estimate of drug-likeness (QED) is 0.770. The molecule has 1 aromatic heterocycles. The van der Waals surface area contributed by atoms with E-state index in [0.29, 0.717) is 6.04 Å². The number of hydrogen-bond donors (Lipinski definition) is 1. The van der Waals surface area contributed by atoms with E-state index < -0.39 is 0 Å². The molecular formula is C15H25NO. The molecule has 1 N–H and O–H groups in total. The fourth-order valence-electron chi connectivity index (χ4n) is 2.65. The van der Waals surface area contributed by atoms with Gasteiger partial charge in [-0.2, -0.15) is 0 Å². The molecule has 96 valence electrons. The first-order valence-electron chi connectivity index (χ1n) is 7.14. The van der Waals surface area contributed by atoms with Crippen LogP contribution in [0.2, 0.25) is 0 Å². The van der Waals surface area contributed by atoms with Crippen molar-refractivity contribution in [2.24, 2.45) is 5.92 Å². The highest BCUT2D eigenvalue weighted by atomic mass is 16.3. The van der Waals surface area contributed by atoms with Crippen molar-refractivity contribution in [3.05, 3.63) is 23.7 Å². The van der Waals surface area contributed by atoms with Gasteiger partial charge >= 0.3 is 0 Å². The zero-order valence-electron chi connectivity index (χ0n) is 11.2. The molecule has 0 amide bonds. The molecule has 1 saturated carbocycles. The van der Waals surface area contributed by atoms with Gasteiger partial charge in [-0.05, 0) is 31.4 Å². The average Bonchev–Trinajstić information content (AvgIpc) is 2.75. The molecule has 1 atom stereocenters. The molecular weight excluding hydrogens is 210 g/mol. The molecule has 17 heavy (non-hydrogen) atoms. The third-order valence-electron chi connectivity index (χ3n) is 3.91. The lowest BCUT2D eigenvalue weighted by Crippen LogP contribution is -2.27. The van der Waals surface area contributed by atoms with E-state index in [0.717, 1.165) is 24.6 Å². The van der Waals surface area contributed by atoms with Crippen molar-refractivity contribution in [1.29, 1.82) is 0 Å². The van der Waals surface area contributed by atoms with Gasteiger partial charge in [-0.3, -0.25) is 0 Å². The molecule has 0 bridgehead atoms. The Hall–Kier alpha value is -0.760. The first kappa shape index (κ1) is 12.7. The number of nitrogens with one attached hydrogen (secondary N) is 1. The molecule has 0 aromatic carbocycles. The van der Waals surface area contributed by atoms with Gasteiger partial charge in [0.25, 0.3) is 0 Å². The molecule has 0 spiro atoms. The van der Waals surface area contributed by atoms with Crippen molar-refractivity contribution in [3.63, 3.8) is 0 Å². The molecule has 1 fully saturated rings. The molecule has 1 aliphatic rings. The maximum absolute atomic E-state index is 5.57. The summed E-state index contributed by atoms with van der Waals surface area (Å²) in [6.07, 6.45) is 9.59. The van der Waals surface area contributed by atoms with Crippen LogP contribution in [-0.2, 0) is 6.42 Å². The van der Waals surface area contributed by atoms with E-state index in [4.69, 9.17) is 4.42 Å². The zero-order valence-corrected chi connectivity index (χ0v) is 11.2. The Labute approximate surface area is 105 Å². The summed E-state index contributed by atoms with van der Waals surface area (Å²) in [7, 11) is 0. The van der Waals surface area contributed by atoms with Gasteiger partial charge in [-0.15, -0.1) is 0 Å². The van der Waals surface area contributed by atoms with Gasteiger partial charge < -0.3 is 9.73 Å². The van der Waals surface area contributed by atoms with Crippen LogP contribution in [-0.4, -0.2) is 6.54 Å². The van der Waals surface area contributed by atoms with Crippen LogP contribution in [0, 0.1) is 5.92 Å². The fraction of sp³-hybridized carbons (Fsp3) is 0.733. The van der Waals surface area contributed by atoms with E-state index >= 15 is 0 Å². The molecule has 1 aliphatic carbocycles. The van der Waals surface area contributed by atoms with Gasteiger partial charge in [-0.25, -0.2) is 0 Å². The van der Waals surface area contributed by atoms with Crippen LogP contribution >= 0.6 is 0 Å². The van der Waals surface area contributed by atoms with Crippen LogP contribution in [0.25, 0.3) is 0 Å². The molecule has 2 heteroatoms. The van der Waals surface area contributed by atoms with Gasteiger partial charge in [0.1, 0.15) is 5.76 Å². The summed E-state index contributed by atoms with van der Waals surface area (Å²) >= 11 is 0. The van der Waals surface area contributed by atoms with E-state index in [1.54, 1.807) is 0 Å². The van der Waals surface area contributed by atoms with Crippen LogP contribution in [0.3, 0.4) is 0 Å². The molecule has 0 radical (unpaired) electrons. The smallest absolute Gasteiger partial charge is 0.108 e. The summed E-state index contributed by atoms with van der Waals surface area (Å²) in [5, 5.41) is 3.69. The lowest BCUT2D eigenvalue weighted by atomic mass is 9.79. The summed E-state index contributed by atoms with van der Waals surface area (Å²) in [6.45, 7) is 5.50. The molecule has 0 saturated heterocycles. The Morgan fingerprint density at radius 1 is 1.41 bits per heavy atom. The van der Waals surface area contributed by atoms with E-state index in [-0.39, 0.29) is 0 Å². The SMILES string of the molecule is CCCNC(CC1CCC1)c1ccoc1CC. The highest BCUT2D eigenvalue weighted by molar-refractivity contribution is 5.21. The standard InChI is InChI=1S/C15H25NO/c1-3-9-16-14(11-12-6-5-7-12)13-8-10-17-15(13)4-2/h8,10,12,14,16H,3-7,9,11H2,1-2H3. The summed E-state index contributed by atoms with van der Waals surface area (Å²) < 4.78 is 5.57. The van der Waals surface area contributed by atoms with Crippen molar-refractivity contribution >= 4 is 0 Å². The number of rotatable bonds is 7. The van der Waals surface area contributed by atoms with E-state index in [2.05, 4.69) is 25.2 Å². The summed E-state index contributed by atoms with van der Waals surface area (Å²) in [6, 6.07) is 2.67. The third kappa shape index (κ3) is 3.12. The molecule has 1 heterocycles. The minimum atomic E-state index is 0.508. The Morgan fingerprint density at radius 3 is 2.82 bits per heavy atom. The van der Waals surface area contributed by atoms with Crippen molar-refractivity contribution in [2.45, 2.75) is 58.4 Å². The van der Waals surface area contributed by atoms with Gasteiger partial charge in [0.05, 0.1) is 6.26 Å². The predicted molar refractivity (Wildman–Crippen MR) is 71.1 cm³/mol. The predicted octanol–water partition coefficient (Wildman–Crippen LogP) is 4.07. The summed E-state index contributed by atoms with van der Waals surface area (Å²) in [4.78, 5) is 0. The number of hydrogen-bond acceptors (Lipinski definition) is 2. The van der Waals surface area contributed by atoms with Crippen molar-refractivity contribution < 1.29 is 4.42 Å². The Bertz CT molecular complexity index is 327. The second-order valence-electron chi connectivity index (χ2n) is 5.19. The molecule has 2 rings (SSSR count). The Morgan fingerprint density at radius 2 is 2.24 bits per heavy atom. The summed E-state index contributed by atoms with van der Waals surface area (Å²) in [5.41, 5.74) is 1.40. The first-order chi connectivity index (χ1) is 8.35. The van der Waals surface area contributed by atoms with Gasteiger partial charge in [-0.1, -0.05) is 33.1 Å². The Kier molecular flexibility index (Phi) is 4.66. The van der Waals surface area contributed by atoms with Crippen LogP contribution in [0.1, 0.15) is 63.3 Å². The third-order valence-corrected chi connectivity index (χ3v) is 3.91. The monoisotopic (exact) mass is 235 g/mol. The lowest BCUT2D eigenvalue weighted by molar-refractivity contribution is 0.260. The molecule has 1 unspecified atom stereocenters. The fourth-order valence-corrected chi connectivity index (χ4v) is 2.65. The molecule has 0 aliphatic heterocycles. The molecule has 2 nitrogen and oxygen atoms in total. The first-order valence-corrected chi connectivity index (χ1v) is 7.14. The number of aryl methyl sites for hydroxylation is 1. The minimum absolute atomic E-state index is 0.508. The summed E-state index contributed by atoms with van der Waals surface area (Å²) in [5.74, 6) is 2.10. The van der Waals surface area contributed by atoms with E-state index in [1.165, 1.54) is 37.7 Å². The van der Waals surface area contributed by atoms with Crippen LogP contribution < -0.4 is 5.32 Å². The Balaban J connectivity index is 2.02. The normalized spacial score (nSPS) is 18.0. The second-order valence-corrected chi connectivity index (χ2v) is 5.19. The van der Waals surface area contributed by atoms with Gasteiger partial charge in [0.2, 0.25) is 0 Å². The van der Waals surface area contributed by atoms with Crippen LogP contribution in [0.4, 0.5) is 0 Å². The van der Waals surface area contributed by atoms with Crippen molar-refractivity contribution in [2.75, 3.05) is 6.54 Å². The van der Waals surface area contributed by atoms with Gasteiger partial charge in [0, 0.05) is 18.0 Å². The second kappa shape index (κ2) is 6.25. The minimum Gasteiger partial charge on any atom is -0.469 e. The van der Waals surface area contributed by atoms with Crippen LogP contribution in [0.15, 0.2) is 16.7 Å². The topological polar surface area (TPSA) is 25.2 Å². The van der Waals surface area contributed by atoms with E-state index in [1.807, 2.05) is 6.26 Å². The average molecular weight is 235 g/mol. The largest absolute Gasteiger partial charge is 0.469 e. The lowest BCUT2D eigenvalue weighted by Gasteiger charge is -2.30.